The lowest BCUT2D eigenvalue weighted by molar-refractivity contribution is -0.131. The molecule has 2 heteroatoms. The fraction of sp³-hybridized carbons (Fsp3) is 0.929. The predicted octanol–water partition coefficient (Wildman–Crippen LogP) is 3.26. The van der Waals surface area contributed by atoms with Gasteiger partial charge in [0, 0.05) is 6.42 Å². The Bertz CT molecular complexity index is 225. The number of carbonyl (C=O) groups is 1. The maximum atomic E-state index is 12.5. The molecular weight excluding hydrogens is 198 g/mol. The van der Waals surface area contributed by atoms with E-state index in [1.807, 2.05) is 14.1 Å². The van der Waals surface area contributed by atoms with Crippen LogP contribution < -0.4 is 0 Å². The lowest BCUT2D eigenvalue weighted by Gasteiger charge is -2.37. The van der Waals surface area contributed by atoms with Crippen LogP contribution in [0, 0.1) is 5.92 Å². The van der Waals surface area contributed by atoms with Crippen LogP contribution in [0.1, 0.15) is 58.8 Å². The second-order valence-corrected chi connectivity index (χ2v) is 5.41. The van der Waals surface area contributed by atoms with Crippen LogP contribution >= 0.6 is 0 Å². The van der Waals surface area contributed by atoms with Crippen LogP contribution in [0.25, 0.3) is 0 Å². The Morgan fingerprint density at radius 1 is 1.19 bits per heavy atom. The van der Waals surface area contributed by atoms with Crippen molar-refractivity contribution < 1.29 is 4.79 Å². The molecule has 1 saturated carbocycles. The van der Waals surface area contributed by atoms with Gasteiger partial charge in [-0.2, -0.15) is 0 Å². The van der Waals surface area contributed by atoms with Crippen molar-refractivity contribution >= 4 is 5.78 Å². The van der Waals surface area contributed by atoms with E-state index in [-0.39, 0.29) is 5.54 Å². The Kier molecular flexibility index (Phi) is 4.97. The number of hydrogen-bond donors (Lipinski definition) is 0. The van der Waals surface area contributed by atoms with Crippen LogP contribution in [0.5, 0.6) is 0 Å². The molecule has 1 aliphatic carbocycles. The van der Waals surface area contributed by atoms with Gasteiger partial charge in [-0.15, -0.1) is 0 Å². The normalized spacial score (nSPS) is 18.3. The monoisotopic (exact) mass is 225 g/mol. The second kappa shape index (κ2) is 5.81. The second-order valence-electron chi connectivity index (χ2n) is 5.41. The van der Waals surface area contributed by atoms with Crippen molar-refractivity contribution in [3.63, 3.8) is 0 Å². The van der Waals surface area contributed by atoms with Crippen molar-refractivity contribution in [2.24, 2.45) is 5.92 Å². The molecule has 0 aromatic carbocycles. The predicted molar refractivity (Wildman–Crippen MR) is 68.6 cm³/mol. The van der Waals surface area contributed by atoms with E-state index >= 15 is 0 Å². The molecule has 0 spiro atoms. The van der Waals surface area contributed by atoms with Crippen LogP contribution in [-0.2, 0) is 4.79 Å². The first-order valence-corrected chi connectivity index (χ1v) is 6.77. The maximum Gasteiger partial charge on any atom is 0.153 e. The third kappa shape index (κ3) is 2.65. The molecule has 0 saturated heterocycles. The summed E-state index contributed by atoms with van der Waals surface area (Å²) in [5.41, 5.74) is -0.206. The molecule has 1 rings (SSSR count). The molecule has 0 aliphatic heterocycles. The molecule has 1 aliphatic rings. The highest BCUT2D eigenvalue weighted by atomic mass is 16.1. The van der Waals surface area contributed by atoms with Crippen molar-refractivity contribution in [1.82, 2.24) is 4.90 Å². The average molecular weight is 225 g/mol. The third-order valence-corrected chi connectivity index (χ3v) is 4.49. The van der Waals surface area contributed by atoms with Crippen molar-refractivity contribution in [3.05, 3.63) is 0 Å². The summed E-state index contributed by atoms with van der Waals surface area (Å²) < 4.78 is 0. The van der Waals surface area contributed by atoms with Crippen molar-refractivity contribution in [2.75, 3.05) is 14.1 Å². The number of nitrogens with zero attached hydrogens (tertiary/aromatic N) is 1. The Labute approximate surface area is 100 Å². The molecule has 0 heterocycles. The summed E-state index contributed by atoms with van der Waals surface area (Å²) in [6.07, 6.45) is 7.85. The average Bonchev–Trinajstić information content (AvgIpc) is 2.72. The molecular formula is C14H27NO. The van der Waals surface area contributed by atoms with Gasteiger partial charge in [0.1, 0.15) is 0 Å². The molecule has 0 N–H and O–H groups in total. The zero-order chi connectivity index (χ0) is 12.2. The van der Waals surface area contributed by atoms with Gasteiger partial charge in [0.05, 0.1) is 5.54 Å². The minimum atomic E-state index is -0.206. The number of ketones is 1. The Morgan fingerprint density at radius 2 is 1.69 bits per heavy atom. The highest BCUT2D eigenvalue weighted by Crippen LogP contribution is 2.32. The van der Waals surface area contributed by atoms with Gasteiger partial charge >= 0.3 is 0 Å². The molecule has 0 unspecified atom stereocenters. The molecule has 1 fully saturated rings. The topological polar surface area (TPSA) is 20.3 Å². The van der Waals surface area contributed by atoms with Gasteiger partial charge in [0.25, 0.3) is 0 Å². The highest BCUT2D eigenvalue weighted by Gasteiger charge is 2.37. The van der Waals surface area contributed by atoms with Gasteiger partial charge in [-0.05, 0) is 32.9 Å². The van der Waals surface area contributed by atoms with E-state index in [4.69, 9.17) is 0 Å². The van der Waals surface area contributed by atoms with Gasteiger partial charge in [-0.3, -0.25) is 9.69 Å². The van der Waals surface area contributed by atoms with Crippen LogP contribution in [-0.4, -0.2) is 30.3 Å². The van der Waals surface area contributed by atoms with E-state index in [0.717, 1.165) is 19.3 Å². The molecule has 0 aromatic rings. The molecule has 0 atom stereocenters. The molecule has 0 bridgehead atoms. The van der Waals surface area contributed by atoms with E-state index in [1.165, 1.54) is 25.7 Å². The molecule has 0 aromatic heterocycles. The number of hydrogen-bond acceptors (Lipinski definition) is 2. The summed E-state index contributed by atoms with van der Waals surface area (Å²) in [6, 6.07) is 0. The van der Waals surface area contributed by atoms with Crippen LogP contribution in [0.15, 0.2) is 0 Å². The first-order chi connectivity index (χ1) is 7.56. The first kappa shape index (κ1) is 13.7. The fourth-order valence-electron chi connectivity index (χ4n) is 3.19. The zero-order valence-electron chi connectivity index (χ0n) is 11.4. The number of carbonyl (C=O) groups excluding carboxylic acids is 1. The molecule has 16 heavy (non-hydrogen) atoms. The first-order valence-electron chi connectivity index (χ1n) is 6.77. The lowest BCUT2D eigenvalue weighted by Crippen LogP contribution is -2.50. The van der Waals surface area contributed by atoms with Gasteiger partial charge < -0.3 is 0 Å². The summed E-state index contributed by atoms with van der Waals surface area (Å²) >= 11 is 0. The number of Topliss-reactive ketones (excluding diaryl/α,β-unsaturated/α-hetero) is 1. The highest BCUT2D eigenvalue weighted by molar-refractivity contribution is 5.88. The van der Waals surface area contributed by atoms with E-state index < -0.39 is 0 Å². The van der Waals surface area contributed by atoms with Crippen LogP contribution in [0.4, 0.5) is 0 Å². The van der Waals surface area contributed by atoms with Gasteiger partial charge in [-0.1, -0.05) is 39.5 Å². The molecule has 94 valence electrons. The summed E-state index contributed by atoms with van der Waals surface area (Å²) in [5, 5.41) is 0. The van der Waals surface area contributed by atoms with E-state index in [2.05, 4.69) is 18.7 Å². The van der Waals surface area contributed by atoms with Crippen LogP contribution in [0.2, 0.25) is 0 Å². The molecule has 0 radical (unpaired) electrons. The van der Waals surface area contributed by atoms with Crippen molar-refractivity contribution in [1.29, 1.82) is 0 Å². The maximum absolute atomic E-state index is 12.5. The Morgan fingerprint density at radius 3 is 2.06 bits per heavy atom. The molecule has 2 nitrogen and oxygen atoms in total. The van der Waals surface area contributed by atoms with Gasteiger partial charge in [0.15, 0.2) is 5.78 Å². The minimum Gasteiger partial charge on any atom is -0.298 e. The van der Waals surface area contributed by atoms with Crippen molar-refractivity contribution in [3.8, 4) is 0 Å². The largest absolute Gasteiger partial charge is 0.298 e. The standard InChI is InChI=1S/C14H27NO/c1-5-14(6-2,15(3)4)13(16)11-12-9-7-8-10-12/h12H,5-11H2,1-4H3. The SMILES string of the molecule is CCC(CC)(C(=O)CC1CCCC1)N(C)C. The minimum absolute atomic E-state index is 0.206. The summed E-state index contributed by atoms with van der Waals surface area (Å²) in [6.45, 7) is 4.27. The van der Waals surface area contributed by atoms with Crippen LogP contribution in [0.3, 0.4) is 0 Å². The summed E-state index contributed by atoms with van der Waals surface area (Å²) in [7, 11) is 4.08. The van der Waals surface area contributed by atoms with Gasteiger partial charge in [0.2, 0.25) is 0 Å². The smallest absolute Gasteiger partial charge is 0.153 e. The fourth-order valence-corrected chi connectivity index (χ4v) is 3.19. The Hall–Kier alpha value is -0.370. The quantitative estimate of drug-likeness (QED) is 0.691. The summed E-state index contributed by atoms with van der Waals surface area (Å²) in [5.74, 6) is 1.14. The Balaban J connectivity index is 2.66. The number of rotatable bonds is 6. The number of likely N-dealkylation sites (N-methyl/N-ethyl adjacent to an activating group) is 1. The van der Waals surface area contributed by atoms with E-state index in [0.29, 0.717) is 11.7 Å². The zero-order valence-corrected chi connectivity index (χ0v) is 11.4. The summed E-state index contributed by atoms with van der Waals surface area (Å²) in [4.78, 5) is 14.6. The van der Waals surface area contributed by atoms with E-state index in [9.17, 15) is 4.79 Å². The van der Waals surface area contributed by atoms with E-state index in [1.54, 1.807) is 0 Å². The van der Waals surface area contributed by atoms with Crippen molar-refractivity contribution in [2.45, 2.75) is 64.3 Å². The lowest BCUT2D eigenvalue weighted by atomic mass is 9.82. The molecule has 0 amide bonds. The van der Waals surface area contributed by atoms with Gasteiger partial charge in [-0.25, -0.2) is 0 Å². The third-order valence-electron chi connectivity index (χ3n) is 4.49.